The van der Waals surface area contributed by atoms with Crippen LogP contribution in [-0.2, 0) is 22.7 Å². The van der Waals surface area contributed by atoms with Crippen LogP contribution in [-0.4, -0.2) is 38.7 Å². The first kappa shape index (κ1) is 16.3. The number of aromatic nitrogens is 2. The van der Waals surface area contributed by atoms with Gasteiger partial charge in [-0.3, -0.25) is 14.3 Å². The number of amides is 1. The third-order valence-electron chi connectivity index (χ3n) is 4.22. The third kappa shape index (κ3) is 3.37. The van der Waals surface area contributed by atoms with Gasteiger partial charge in [-0.05, 0) is 26.7 Å². The summed E-state index contributed by atoms with van der Waals surface area (Å²) in [5.41, 5.74) is 1.90. The molecular weight excluding hydrogens is 282 g/mol. The minimum absolute atomic E-state index is 0.111. The van der Waals surface area contributed by atoms with Crippen molar-refractivity contribution in [2.24, 2.45) is 11.8 Å². The second-order valence-corrected chi connectivity index (χ2v) is 5.78. The minimum Gasteiger partial charge on any atom is -0.481 e. The summed E-state index contributed by atoms with van der Waals surface area (Å²) in [7, 11) is 1.72. The zero-order valence-corrected chi connectivity index (χ0v) is 13.3. The number of aryl methyl sites for hydroxylation is 2. The van der Waals surface area contributed by atoms with Gasteiger partial charge in [0, 0.05) is 31.9 Å². The van der Waals surface area contributed by atoms with Crippen LogP contribution in [0.15, 0.2) is 18.3 Å². The summed E-state index contributed by atoms with van der Waals surface area (Å²) in [6.45, 7) is 5.17. The van der Waals surface area contributed by atoms with E-state index < -0.39 is 17.8 Å². The highest BCUT2D eigenvalue weighted by Crippen LogP contribution is 2.28. The van der Waals surface area contributed by atoms with Gasteiger partial charge in [0.25, 0.3) is 0 Å². The Hall–Kier alpha value is -2.11. The van der Waals surface area contributed by atoms with Gasteiger partial charge in [-0.15, -0.1) is 0 Å². The van der Waals surface area contributed by atoms with E-state index in [-0.39, 0.29) is 5.91 Å². The van der Waals surface area contributed by atoms with Crippen molar-refractivity contribution in [3.05, 3.63) is 29.6 Å². The van der Waals surface area contributed by atoms with Crippen LogP contribution in [0.25, 0.3) is 0 Å². The number of nitrogens with zero attached hydrogens (tertiary/aromatic N) is 3. The SMILES string of the molecule is CCn1cc(CN(C)C(=O)[C@H]2CC=CC[C@H]2C(=O)O)c(C)n1. The minimum atomic E-state index is -0.897. The topological polar surface area (TPSA) is 75.4 Å². The lowest BCUT2D eigenvalue weighted by Gasteiger charge is -2.28. The Kier molecular flexibility index (Phi) is 5.00. The van der Waals surface area contributed by atoms with Gasteiger partial charge in [0.15, 0.2) is 0 Å². The molecule has 1 amide bonds. The predicted molar refractivity (Wildman–Crippen MR) is 82.1 cm³/mol. The van der Waals surface area contributed by atoms with E-state index in [1.54, 1.807) is 11.9 Å². The maximum atomic E-state index is 12.6. The molecule has 1 aromatic heterocycles. The number of carbonyl (C=O) groups excluding carboxylic acids is 1. The molecule has 6 nitrogen and oxygen atoms in total. The Bertz CT molecular complexity index is 591. The van der Waals surface area contributed by atoms with E-state index in [1.165, 1.54) is 0 Å². The van der Waals surface area contributed by atoms with Crippen molar-refractivity contribution >= 4 is 11.9 Å². The first-order chi connectivity index (χ1) is 10.4. The summed E-state index contributed by atoms with van der Waals surface area (Å²) in [5, 5.41) is 13.7. The highest BCUT2D eigenvalue weighted by atomic mass is 16.4. The van der Waals surface area contributed by atoms with Gasteiger partial charge in [-0.1, -0.05) is 12.2 Å². The normalized spacial score (nSPS) is 20.9. The zero-order chi connectivity index (χ0) is 16.3. The standard InChI is InChI=1S/C16H23N3O3/c1-4-19-10-12(11(2)17-19)9-18(3)15(20)13-7-5-6-8-14(13)16(21)22/h5-6,10,13-14H,4,7-9H2,1-3H3,(H,21,22)/t13-,14+/m0/s1. The fourth-order valence-corrected chi connectivity index (χ4v) is 2.85. The van der Waals surface area contributed by atoms with Crippen molar-refractivity contribution in [2.45, 2.75) is 39.8 Å². The lowest BCUT2D eigenvalue weighted by Crippen LogP contribution is -2.39. The van der Waals surface area contributed by atoms with Crippen LogP contribution in [0.1, 0.15) is 31.0 Å². The molecule has 22 heavy (non-hydrogen) atoms. The average Bonchev–Trinajstić information content (AvgIpc) is 2.86. The van der Waals surface area contributed by atoms with Gasteiger partial charge in [0.1, 0.15) is 0 Å². The van der Waals surface area contributed by atoms with Gasteiger partial charge in [0.05, 0.1) is 17.5 Å². The number of hydrogen-bond acceptors (Lipinski definition) is 3. The summed E-state index contributed by atoms with van der Waals surface area (Å²) in [5.74, 6) is -2.11. The fraction of sp³-hybridized carbons (Fsp3) is 0.562. The number of hydrogen-bond donors (Lipinski definition) is 1. The Balaban J connectivity index is 2.09. The van der Waals surface area contributed by atoms with Crippen LogP contribution >= 0.6 is 0 Å². The number of carboxylic acid groups (broad SMARTS) is 1. The van der Waals surface area contributed by atoms with Gasteiger partial charge in [-0.2, -0.15) is 5.10 Å². The Morgan fingerprint density at radius 3 is 2.55 bits per heavy atom. The monoisotopic (exact) mass is 305 g/mol. The molecule has 120 valence electrons. The van der Waals surface area contributed by atoms with Gasteiger partial charge in [-0.25, -0.2) is 0 Å². The fourth-order valence-electron chi connectivity index (χ4n) is 2.85. The summed E-state index contributed by atoms with van der Waals surface area (Å²) in [4.78, 5) is 25.5. The molecule has 1 heterocycles. The average molecular weight is 305 g/mol. The number of carbonyl (C=O) groups is 2. The van der Waals surface area contributed by atoms with Crippen molar-refractivity contribution in [1.29, 1.82) is 0 Å². The molecule has 1 aromatic rings. The van der Waals surface area contributed by atoms with E-state index in [1.807, 2.05) is 36.9 Å². The highest BCUT2D eigenvalue weighted by Gasteiger charge is 2.35. The maximum absolute atomic E-state index is 12.6. The molecule has 0 saturated heterocycles. The van der Waals surface area contributed by atoms with Gasteiger partial charge >= 0.3 is 5.97 Å². The van der Waals surface area contributed by atoms with E-state index >= 15 is 0 Å². The molecule has 0 bridgehead atoms. The van der Waals surface area contributed by atoms with Crippen molar-refractivity contribution in [2.75, 3.05) is 7.05 Å². The van der Waals surface area contributed by atoms with E-state index in [2.05, 4.69) is 5.10 Å². The van der Waals surface area contributed by atoms with Gasteiger partial charge < -0.3 is 10.0 Å². The molecule has 0 aliphatic heterocycles. The molecule has 0 saturated carbocycles. The number of aliphatic carboxylic acids is 1. The summed E-state index contributed by atoms with van der Waals surface area (Å²) in [6, 6.07) is 0. The predicted octanol–water partition coefficient (Wildman–Crippen LogP) is 1.84. The second kappa shape index (κ2) is 6.77. The van der Waals surface area contributed by atoms with E-state index in [0.717, 1.165) is 17.8 Å². The van der Waals surface area contributed by atoms with Crippen molar-refractivity contribution < 1.29 is 14.7 Å². The molecule has 1 N–H and O–H groups in total. The van der Waals surface area contributed by atoms with Crippen LogP contribution in [0.5, 0.6) is 0 Å². The van der Waals surface area contributed by atoms with E-state index in [9.17, 15) is 14.7 Å². The second-order valence-electron chi connectivity index (χ2n) is 5.78. The van der Waals surface area contributed by atoms with Crippen molar-refractivity contribution in [1.82, 2.24) is 14.7 Å². The molecule has 1 aliphatic carbocycles. The first-order valence-corrected chi connectivity index (χ1v) is 7.59. The molecular formula is C16H23N3O3. The van der Waals surface area contributed by atoms with Crippen LogP contribution in [0.3, 0.4) is 0 Å². The van der Waals surface area contributed by atoms with E-state index in [4.69, 9.17) is 0 Å². The van der Waals surface area contributed by atoms with Crippen molar-refractivity contribution in [3.63, 3.8) is 0 Å². The number of carboxylic acids is 1. The van der Waals surface area contributed by atoms with Crippen LogP contribution in [0.4, 0.5) is 0 Å². The molecule has 2 rings (SSSR count). The molecule has 0 unspecified atom stereocenters. The Labute approximate surface area is 130 Å². The Morgan fingerprint density at radius 1 is 1.36 bits per heavy atom. The van der Waals surface area contributed by atoms with E-state index in [0.29, 0.717) is 19.4 Å². The molecule has 0 aromatic carbocycles. The Morgan fingerprint density at radius 2 is 2.00 bits per heavy atom. The molecule has 0 fully saturated rings. The summed E-state index contributed by atoms with van der Waals surface area (Å²) >= 11 is 0. The maximum Gasteiger partial charge on any atom is 0.307 e. The largest absolute Gasteiger partial charge is 0.481 e. The summed E-state index contributed by atoms with van der Waals surface area (Å²) < 4.78 is 1.84. The van der Waals surface area contributed by atoms with Crippen LogP contribution in [0.2, 0.25) is 0 Å². The molecule has 6 heteroatoms. The number of rotatable bonds is 5. The third-order valence-corrected chi connectivity index (χ3v) is 4.22. The summed E-state index contributed by atoms with van der Waals surface area (Å²) in [6.07, 6.45) is 6.60. The zero-order valence-electron chi connectivity index (χ0n) is 13.3. The smallest absolute Gasteiger partial charge is 0.307 e. The quantitative estimate of drug-likeness (QED) is 0.842. The molecule has 0 spiro atoms. The first-order valence-electron chi connectivity index (χ1n) is 7.59. The molecule has 1 aliphatic rings. The number of allylic oxidation sites excluding steroid dienone is 2. The van der Waals surface area contributed by atoms with Crippen molar-refractivity contribution in [3.8, 4) is 0 Å². The lowest BCUT2D eigenvalue weighted by molar-refractivity contribution is -0.150. The van der Waals surface area contributed by atoms with Crippen LogP contribution in [0, 0.1) is 18.8 Å². The molecule has 2 atom stereocenters. The lowest BCUT2D eigenvalue weighted by atomic mass is 9.82. The van der Waals surface area contributed by atoms with Gasteiger partial charge in [0.2, 0.25) is 5.91 Å². The van der Waals surface area contributed by atoms with Crippen LogP contribution < -0.4 is 0 Å². The molecule has 0 radical (unpaired) electrons. The highest BCUT2D eigenvalue weighted by molar-refractivity contribution is 5.85.